The lowest BCUT2D eigenvalue weighted by Gasteiger charge is -2.05. The summed E-state index contributed by atoms with van der Waals surface area (Å²) in [4.78, 5) is 16.1. The van der Waals surface area contributed by atoms with Crippen LogP contribution in [0.5, 0.6) is 0 Å². The zero-order valence-corrected chi connectivity index (χ0v) is 10.2. The van der Waals surface area contributed by atoms with E-state index in [1.165, 1.54) is 11.8 Å². The number of carboxylic acid groups (broad SMARTS) is 1. The van der Waals surface area contributed by atoms with Crippen molar-refractivity contribution in [2.75, 3.05) is 0 Å². The van der Waals surface area contributed by atoms with Gasteiger partial charge in [0.05, 0.1) is 16.7 Å². The highest BCUT2D eigenvalue weighted by molar-refractivity contribution is 7.99. The highest BCUT2D eigenvalue weighted by Gasteiger charge is 2.15. The molecule has 2 rings (SSSR count). The second kappa shape index (κ2) is 4.58. The fraction of sp³-hybridized carbons (Fsp3) is 0.182. The van der Waals surface area contributed by atoms with Gasteiger partial charge in [-0.15, -0.1) is 0 Å². The lowest BCUT2D eigenvalue weighted by atomic mass is 10.2. The smallest absolute Gasteiger partial charge is 0.338 e. The molecule has 6 heteroatoms. The Hall–Kier alpha value is -1.82. The second-order valence-electron chi connectivity index (χ2n) is 3.56. The first-order chi connectivity index (χ1) is 8.08. The Bertz CT molecular complexity index is 566. The normalized spacial score (nSPS) is 10.5. The van der Waals surface area contributed by atoms with E-state index in [0.29, 0.717) is 10.6 Å². The molecule has 88 valence electrons. The van der Waals surface area contributed by atoms with Gasteiger partial charge >= 0.3 is 5.97 Å². The van der Waals surface area contributed by atoms with Gasteiger partial charge in [0.1, 0.15) is 5.03 Å². The molecule has 0 amide bonds. The molecule has 0 saturated heterocycles. The van der Waals surface area contributed by atoms with Gasteiger partial charge in [-0.25, -0.2) is 9.78 Å². The van der Waals surface area contributed by atoms with Gasteiger partial charge in [0.2, 0.25) is 0 Å². The van der Waals surface area contributed by atoms with Gasteiger partial charge in [-0.2, -0.15) is 5.10 Å². The van der Waals surface area contributed by atoms with Crippen molar-refractivity contribution in [3.63, 3.8) is 0 Å². The number of hydrogen-bond donors (Lipinski definition) is 1. The van der Waals surface area contributed by atoms with E-state index in [4.69, 9.17) is 5.11 Å². The number of rotatable bonds is 3. The number of nitrogens with zero attached hydrogens (tertiary/aromatic N) is 3. The molecule has 2 aromatic heterocycles. The van der Waals surface area contributed by atoms with Crippen molar-refractivity contribution >= 4 is 17.7 Å². The minimum Gasteiger partial charge on any atom is -0.478 e. The maximum atomic E-state index is 11.2. The van der Waals surface area contributed by atoms with Gasteiger partial charge in [0, 0.05) is 19.4 Å². The van der Waals surface area contributed by atoms with E-state index in [1.54, 1.807) is 30.1 Å². The summed E-state index contributed by atoms with van der Waals surface area (Å²) in [5.74, 6) is -0.956. The van der Waals surface area contributed by atoms with Crippen molar-refractivity contribution in [2.24, 2.45) is 7.05 Å². The summed E-state index contributed by atoms with van der Waals surface area (Å²) in [6.07, 6.45) is 5.11. The van der Waals surface area contributed by atoms with Gasteiger partial charge in [-0.05, 0) is 18.6 Å². The van der Waals surface area contributed by atoms with Gasteiger partial charge < -0.3 is 5.11 Å². The quantitative estimate of drug-likeness (QED) is 0.900. The fourth-order valence-corrected chi connectivity index (χ4v) is 2.43. The summed E-state index contributed by atoms with van der Waals surface area (Å²) in [6.45, 7) is 1.76. The average Bonchev–Trinajstić information content (AvgIpc) is 2.63. The molecule has 0 aromatic carbocycles. The average molecular weight is 249 g/mol. The van der Waals surface area contributed by atoms with Gasteiger partial charge in [0.25, 0.3) is 0 Å². The number of aromatic nitrogens is 3. The highest BCUT2D eigenvalue weighted by Crippen LogP contribution is 2.29. The molecule has 0 unspecified atom stereocenters. The number of aromatic carboxylic acids is 1. The van der Waals surface area contributed by atoms with Crippen molar-refractivity contribution in [1.82, 2.24) is 14.8 Å². The number of pyridine rings is 1. The van der Waals surface area contributed by atoms with Crippen molar-refractivity contribution in [1.29, 1.82) is 0 Å². The maximum Gasteiger partial charge on any atom is 0.338 e. The maximum absolute atomic E-state index is 11.2. The molecule has 0 atom stereocenters. The molecule has 0 saturated carbocycles. The van der Waals surface area contributed by atoms with Crippen LogP contribution in [0.3, 0.4) is 0 Å². The van der Waals surface area contributed by atoms with Crippen LogP contribution in [0, 0.1) is 6.92 Å². The van der Waals surface area contributed by atoms with Crippen LogP contribution < -0.4 is 0 Å². The van der Waals surface area contributed by atoms with Crippen LogP contribution in [0.25, 0.3) is 0 Å². The molecule has 0 aliphatic rings. The van der Waals surface area contributed by atoms with E-state index in [1.807, 2.05) is 13.2 Å². The standard InChI is InChI=1S/C11H11N3O2S/c1-7-3-4-12-10(9(7)11(15)16)17-8-5-13-14(2)6-8/h3-6H,1-2H3,(H,15,16). The predicted molar refractivity (Wildman–Crippen MR) is 63.3 cm³/mol. The van der Waals surface area contributed by atoms with Crippen LogP contribution in [0.15, 0.2) is 34.6 Å². The lowest BCUT2D eigenvalue weighted by Crippen LogP contribution is -2.03. The molecule has 0 aliphatic carbocycles. The monoisotopic (exact) mass is 249 g/mol. The molecule has 0 spiro atoms. The van der Waals surface area contributed by atoms with Crippen molar-refractivity contribution < 1.29 is 9.90 Å². The Kier molecular flexibility index (Phi) is 3.14. The van der Waals surface area contributed by atoms with E-state index < -0.39 is 5.97 Å². The minimum atomic E-state index is -0.956. The van der Waals surface area contributed by atoms with Crippen LogP contribution in [-0.2, 0) is 7.05 Å². The zero-order valence-electron chi connectivity index (χ0n) is 9.41. The molecule has 1 N–H and O–H groups in total. The van der Waals surface area contributed by atoms with Crippen LogP contribution in [-0.4, -0.2) is 25.8 Å². The first kappa shape index (κ1) is 11.7. The van der Waals surface area contributed by atoms with Gasteiger partial charge in [-0.3, -0.25) is 4.68 Å². The van der Waals surface area contributed by atoms with Crippen LogP contribution in [0.4, 0.5) is 0 Å². The fourth-order valence-electron chi connectivity index (χ4n) is 1.43. The van der Waals surface area contributed by atoms with Crippen molar-refractivity contribution in [3.05, 3.63) is 35.8 Å². The SMILES string of the molecule is Cc1ccnc(Sc2cnn(C)c2)c1C(=O)O. The zero-order chi connectivity index (χ0) is 12.4. The third-order valence-corrected chi connectivity index (χ3v) is 3.18. The molecule has 0 fully saturated rings. The highest BCUT2D eigenvalue weighted by atomic mass is 32.2. The Morgan fingerprint density at radius 2 is 2.29 bits per heavy atom. The number of hydrogen-bond acceptors (Lipinski definition) is 4. The molecule has 2 aromatic rings. The Morgan fingerprint density at radius 3 is 2.88 bits per heavy atom. The van der Waals surface area contributed by atoms with E-state index in [-0.39, 0.29) is 5.56 Å². The van der Waals surface area contributed by atoms with Crippen LogP contribution in [0.2, 0.25) is 0 Å². The Labute approximate surface area is 102 Å². The summed E-state index contributed by atoms with van der Waals surface area (Å²) in [5.41, 5.74) is 0.959. The van der Waals surface area contributed by atoms with Gasteiger partial charge in [0.15, 0.2) is 0 Å². The molecular formula is C11H11N3O2S. The van der Waals surface area contributed by atoms with Gasteiger partial charge in [-0.1, -0.05) is 11.8 Å². The molecule has 0 bridgehead atoms. The first-order valence-electron chi connectivity index (χ1n) is 4.93. The van der Waals surface area contributed by atoms with Crippen molar-refractivity contribution in [3.8, 4) is 0 Å². The molecule has 2 heterocycles. The number of carbonyl (C=O) groups is 1. The second-order valence-corrected chi connectivity index (χ2v) is 4.63. The molecular weight excluding hydrogens is 238 g/mol. The summed E-state index contributed by atoms with van der Waals surface area (Å²) >= 11 is 1.30. The van der Waals surface area contributed by atoms with E-state index in [0.717, 1.165) is 4.90 Å². The third-order valence-electron chi connectivity index (χ3n) is 2.23. The van der Waals surface area contributed by atoms with Crippen LogP contribution >= 0.6 is 11.8 Å². The molecule has 5 nitrogen and oxygen atoms in total. The van der Waals surface area contributed by atoms with E-state index in [9.17, 15) is 4.79 Å². The van der Waals surface area contributed by atoms with E-state index in [2.05, 4.69) is 10.1 Å². The lowest BCUT2D eigenvalue weighted by molar-refractivity contribution is 0.0691. The summed E-state index contributed by atoms with van der Waals surface area (Å²) in [6, 6.07) is 1.69. The minimum absolute atomic E-state index is 0.251. The largest absolute Gasteiger partial charge is 0.478 e. The number of carboxylic acids is 1. The van der Waals surface area contributed by atoms with E-state index >= 15 is 0 Å². The molecule has 0 aliphatic heterocycles. The van der Waals surface area contributed by atoms with Crippen LogP contribution in [0.1, 0.15) is 15.9 Å². The predicted octanol–water partition coefficient (Wildman–Crippen LogP) is 1.97. The molecule has 17 heavy (non-hydrogen) atoms. The first-order valence-corrected chi connectivity index (χ1v) is 5.75. The Balaban J connectivity index is 2.39. The summed E-state index contributed by atoms with van der Waals surface area (Å²) in [5, 5.41) is 13.7. The topological polar surface area (TPSA) is 68.0 Å². The third kappa shape index (κ3) is 2.47. The summed E-state index contributed by atoms with van der Waals surface area (Å²) < 4.78 is 1.67. The number of aryl methyl sites for hydroxylation is 2. The summed E-state index contributed by atoms with van der Waals surface area (Å²) in [7, 11) is 1.81. The molecule has 0 radical (unpaired) electrons. The Morgan fingerprint density at radius 1 is 1.53 bits per heavy atom. The van der Waals surface area contributed by atoms with Crippen molar-refractivity contribution in [2.45, 2.75) is 16.8 Å².